The molecule has 2 heterocycles. The van der Waals surface area contributed by atoms with Gasteiger partial charge in [-0.3, -0.25) is 4.68 Å². The molecule has 3 rings (SSSR count). The van der Waals surface area contributed by atoms with Gasteiger partial charge >= 0.3 is 0 Å². The van der Waals surface area contributed by atoms with Crippen LogP contribution in [0.2, 0.25) is 0 Å². The molecular weight excluding hydrogens is 254 g/mol. The molecule has 0 saturated carbocycles. The number of fused-ring (bicyclic) bond motifs is 3. The number of rotatable bonds is 4. The number of thioether (sulfide) groups is 1. The summed E-state index contributed by atoms with van der Waals surface area (Å²) < 4.78 is 2.18. The zero-order chi connectivity index (χ0) is 13.2. The van der Waals surface area contributed by atoms with Gasteiger partial charge < -0.3 is 4.90 Å². The van der Waals surface area contributed by atoms with Crippen LogP contribution in [0.3, 0.4) is 0 Å². The van der Waals surface area contributed by atoms with E-state index in [0.717, 1.165) is 25.3 Å². The smallest absolute Gasteiger partial charge is 0.0734 e. The van der Waals surface area contributed by atoms with Gasteiger partial charge in [-0.2, -0.15) is 5.10 Å². The standard InChI is InChI=1S/C15H19N3S/c1-17(2)8-5-9-18-15-12(10-16-18)11-19-14-7-4-3-6-13(14)15/h3-4,6-7,10H,5,8-9,11H2,1-2H3. The minimum Gasteiger partial charge on any atom is -0.309 e. The van der Waals surface area contributed by atoms with E-state index in [2.05, 4.69) is 53.0 Å². The summed E-state index contributed by atoms with van der Waals surface area (Å²) in [6, 6.07) is 8.65. The monoisotopic (exact) mass is 273 g/mol. The minimum atomic E-state index is 0.993. The van der Waals surface area contributed by atoms with Gasteiger partial charge in [0.2, 0.25) is 0 Å². The van der Waals surface area contributed by atoms with Crippen molar-refractivity contribution >= 4 is 11.8 Å². The van der Waals surface area contributed by atoms with Crippen LogP contribution in [0.1, 0.15) is 12.0 Å². The Kier molecular flexibility index (Phi) is 3.62. The van der Waals surface area contributed by atoms with Gasteiger partial charge in [0, 0.05) is 28.3 Å². The average Bonchev–Trinajstić information content (AvgIpc) is 2.82. The van der Waals surface area contributed by atoms with E-state index in [4.69, 9.17) is 0 Å². The van der Waals surface area contributed by atoms with E-state index in [1.54, 1.807) is 0 Å². The van der Waals surface area contributed by atoms with Crippen molar-refractivity contribution in [3.05, 3.63) is 36.0 Å². The highest BCUT2D eigenvalue weighted by Gasteiger charge is 2.20. The van der Waals surface area contributed by atoms with E-state index in [1.807, 2.05) is 18.0 Å². The van der Waals surface area contributed by atoms with E-state index < -0.39 is 0 Å². The molecule has 100 valence electrons. The van der Waals surface area contributed by atoms with Crippen LogP contribution in [0.25, 0.3) is 11.3 Å². The fourth-order valence-corrected chi connectivity index (χ4v) is 3.51. The highest BCUT2D eigenvalue weighted by Crippen LogP contribution is 2.41. The lowest BCUT2D eigenvalue weighted by Crippen LogP contribution is -2.16. The van der Waals surface area contributed by atoms with E-state index in [1.165, 1.54) is 21.7 Å². The topological polar surface area (TPSA) is 21.1 Å². The Hall–Kier alpha value is -1.26. The number of hydrogen-bond acceptors (Lipinski definition) is 3. The Morgan fingerprint density at radius 3 is 3.00 bits per heavy atom. The first-order valence-corrected chi connectivity index (χ1v) is 7.66. The first kappa shape index (κ1) is 12.8. The first-order chi connectivity index (χ1) is 9.25. The van der Waals surface area contributed by atoms with Crippen LogP contribution in [-0.4, -0.2) is 35.3 Å². The molecule has 19 heavy (non-hydrogen) atoms. The third-order valence-electron chi connectivity index (χ3n) is 3.42. The Morgan fingerprint density at radius 1 is 1.32 bits per heavy atom. The van der Waals surface area contributed by atoms with Gasteiger partial charge in [0.15, 0.2) is 0 Å². The average molecular weight is 273 g/mol. The summed E-state index contributed by atoms with van der Waals surface area (Å²) in [7, 11) is 4.23. The fourth-order valence-electron chi connectivity index (χ4n) is 2.49. The van der Waals surface area contributed by atoms with E-state index in [9.17, 15) is 0 Å². The molecule has 0 bridgehead atoms. The third-order valence-corrected chi connectivity index (χ3v) is 4.54. The summed E-state index contributed by atoms with van der Waals surface area (Å²) in [6.45, 7) is 2.09. The third kappa shape index (κ3) is 2.55. The first-order valence-electron chi connectivity index (χ1n) is 6.67. The molecule has 1 aromatic heterocycles. The molecule has 0 atom stereocenters. The summed E-state index contributed by atoms with van der Waals surface area (Å²) in [4.78, 5) is 3.60. The summed E-state index contributed by atoms with van der Waals surface area (Å²) in [5.74, 6) is 1.04. The summed E-state index contributed by atoms with van der Waals surface area (Å²) in [6.07, 6.45) is 3.17. The van der Waals surface area contributed by atoms with Crippen LogP contribution in [0.5, 0.6) is 0 Å². The highest BCUT2D eigenvalue weighted by molar-refractivity contribution is 7.98. The maximum Gasteiger partial charge on any atom is 0.0734 e. The predicted molar refractivity (Wildman–Crippen MR) is 80.4 cm³/mol. The maximum absolute atomic E-state index is 4.58. The predicted octanol–water partition coefficient (Wildman–Crippen LogP) is 3.11. The second-order valence-corrected chi connectivity index (χ2v) is 6.20. The number of benzene rings is 1. The molecule has 0 N–H and O–H groups in total. The Morgan fingerprint density at radius 2 is 2.16 bits per heavy atom. The van der Waals surface area contributed by atoms with E-state index in [-0.39, 0.29) is 0 Å². The van der Waals surface area contributed by atoms with Crippen LogP contribution in [-0.2, 0) is 12.3 Å². The molecule has 0 radical (unpaired) electrons. The van der Waals surface area contributed by atoms with Crippen LogP contribution in [0, 0.1) is 0 Å². The van der Waals surface area contributed by atoms with Gasteiger partial charge in [-0.1, -0.05) is 18.2 Å². The molecule has 0 unspecified atom stereocenters. The van der Waals surface area contributed by atoms with Crippen molar-refractivity contribution in [2.45, 2.75) is 23.6 Å². The zero-order valence-corrected chi connectivity index (χ0v) is 12.3. The van der Waals surface area contributed by atoms with Gasteiger partial charge in [0.05, 0.1) is 11.9 Å². The lowest BCUT2D eigenvalue weighted by atomic mass is 10.1. The molecule has 1 aliphatic rings. The largest absolute Gasteiger partial charge is 0.309 e. The molecule has 1 aliphatic heterocycles. The van der Waals surface area contributed by atoms with Gasteiger partial charge in [0.1, 0.15) is 0 Å². The number of hydrogen-bond donors (Lipinski definition) is 0. The Labute approximate surface area is 118 Å². The Bertz CT molecular complexity index is 575. The zero-order valence-electron chi connectivity index (χ0n) is 11.5. The SMILES string of the molecule is CN(C)CCCn1ncc2c1-c1ccccc1SC2. The number of aryl methyl sites for hydroxylation is 1. The normalized spacial score (nSPS) is 13.4. The maximum atomic E-state index is 4.58. The number of aromatic nitrogens is 2. The van der Waals surface area contributed by atoms with Crippen LogP contribution in [0.15, 0.2) is 35.4 Å². The molecule has 0 amide bonds. The molecule has 0 spiro atoms. The fraction of sp³-hybridized carbons (Fsp3) is 0.400. The van der Waals surface area contributed by atoms with E-state index >= 15 is 0 Å². The molecule has 0 saturated heterocycles. The molecule has 3 nitrogen and oxygen atoms in total. The van der Waals surface area contributed by atoms with Gasteiger partial charge in [-0.15, -0.1) is 11.8 Å². The van der Waals surface area contributed by atoms with Crippen molar-refractivity contribution in [2.24, 2.45) is 0 Å². The summed E-state index contributed by atoms with van der Waals surface area (Å²) >= 11 is 1.91. The van der Waals surface area contributed by atoms with Crippen molar-refractivity contribution in [1.82, 2.24) is 14.7 Å². The molecule has 4 heteroatoms. The lowest BCUT2D eigenvalue weighted by molar-refractivity contribution is 0.381. The minimum absolute atomic E-state index is 0.993. The lowest BCUT2D eigenvalue weighted by Gasteiger charge is -2.18. The van der Waals surface area contributed by atoms with Crippen LogP contribution >= 0.6 is 11.8 Å². The van der Waals surface area contributed by atoms with Crippen molar-refractivity contribution in [3.8, 4) is 11.3 Å². The quantitative estimate of drug-likeness (QED) is 0.854. The Balaban J connectivity index is 1.88. The molecule has 0 aliphatic carbocycles. The second-order valence-electron chi connectivity index (χ2n) is 5.18. The highest BCUT2D eigenvalue weighted by atomic mass is 32.2. The van der Waals surface area contributed by atoms with Gasteiger partial charge in [-0.05, 0) is 33.1 Å². The van der Waals surface area contributed by atoms with Crippen LogP contribution < -0.4 is 0 Å². The molecule has 2 aromatic rings. The van der Waals surface area contributed by atoms with Crippen molar-refractivity contribution < 1.29 is 0 Å². The second kappa shape index (κ2) is 5.39. The van der Waals surface area contributed by atoms with Crippen molar-refractivity contribution in [3.63, 3.8) is 0 Å². The van der Waals surface area contributed by atoms with Gasteiger partial charge in [-0.25, -0.2) is 0 Å². The molecule has 0 fully saturated rings. The molecular formula is C15H19N3S. The van der Waals surface area contributed by atoms with Crippen molar-refractivity contribution in [1.29, 1.82) is 0 Å². The van der Waals surface area contributed by atoms with E-state index in [0.29, 0.717) is 0 Å². The van der Waals surface area contributed by atoms with Gasteiger partial charge in [0.25, 0.3) is 0 Å². The molecule has 1 aromatic carbocycles. The van der Waals surface area contributed by atoms with Crippen molar-refractivity contribution in [2.75, 3.05) is 20.6 Å². The summed E-state index contributed by atoms with van der Waals surface area (Å²) in [5, 5.41) is 4.58. The van der Waals surface area contributed by atoms with Crippen LogP contribution in [0.4, 0.5) is 0 Å². The number of nitrogens with zero attached hydrogens (tertiary/aromatic N) is 3. The summed E-state index contributed by atoms with van der Waals surface area (Å²) in [5.41, 5.74) is 4.04.